The highest BCUT2D eigenvalue weighted by molar-refractivity contribution is 6.11. The maximum absolute atomic E-state index is 4.80. The van der Waals surface area contributed by atoms with Crippen LogP contribution >= 0.6 is 0 Å². The molecule has 0 aliphatic heterocycles. The Labute approximate surface area is 117 Å². The van der Waals surface area contributed by atoms with Crippen molar-refractivity contribution < 1.29 is 4.68 Å². The lowest BCUT2D eigenvalue weighted by molar-refractivity contribution is -0.735. The number of hydrogen-bond donors (Lipinski definition) is 0. The van der Waals surface area contributed by atoms with Crippen LogP contribution < -0.4 is 4.68 Å². The summed E-state index contributed by atoms with van der Waals surface area (Å²) in [7, 11) is 2.07. The van der Waals surface area contributed by atoms with E-state index in [-0.39, 0.29) is 0 Å². The second kappa shape index (κ2) is 3.79. The summed E-state index contributed by atoms with van der Waals surface area (Å²) in [6, 6.07) is 12.8. The summed E-state index contributed by atoms with van der Waals surface area (Å²) in [6.45, 7) is 4.21. The van der Waals surface area contributed by atoms with Crippen molar-refractivity contribution in [2.45, 2.75) is 13.8 Å². The molecule has 0 fully saturated rings. The van der Waals surface area contributed by atoms with Crippen LogP contribution in [-0.2, 0) is 7.05 Å². The number of fused-ring (bicyclic) bond motifs is 6. The van der Waals surface area contributed by atoms with Crippen molar-refractivity contribution in [1.29, 1.82) is 0 Å². The predicted molar refractivity (Wildman–Crippen MR) is 80.9 cm³/mol. The number of aromatic nitrogens is 3. The summed E-state index contributed by atoms with van der Waals surface area (Å²) in [5, 5.41) is 2.47. The van der Waals surface area contributed by atoms with Gasteiger partial charge in [-0.1, -0.05) is 24.3 Å². The van der Waals surface area contributed by atoms with Crippen molar-refractivity contribution in [3.8, 4) is 0 Å². The van der Waals surface area contributed by atoms with Crippen LogP contribution in [0.3, 0.4) is 0 Å². The van der Waals surface area contributed by atoms with E-state index < -0.39 is 0 Å². The molecule has 3 nitrogen and oxygen atoms in total. The summed E-state index contributed by atoms with van der Waals surface area (Å²) in [5.41, 5.74) is 5.82. The van der Waals surface area contributed by atoms with Crippen LogP contribution in [0.25, 0.3) is 27.3 Å². The molecule has 0 aliphatic carbocycles. The Bertz CT molecular complexity index is 980. The summed E-state index contributed by atoms with van der Waals surface area (Å²) >= 11 is 0. The minimum Gasteiger partial charge on any atom is -0.251 e. The smallest absolute Gasteiger partial charge is 0.196 e. The number of nitrogens with zero attached hydrogens (tertiary/aromatic N) is 3. The molecule has 20 heavy (non-hydrogen) atoms. The lowest BCUT2D eigenvalue weighted by Crippen LogP contribution is -2.34. The van der Waals surface area contributed by atoms with Gasteiger partial charge < -0.3 is 0 Å². The van der Waals surface area contributed by atoms with Crippen molar-refractivity contribution in [3.63, 3.8) is 0 Å². The normalized spacial score (nSPS) is 11.8. The quantitative estimate of drug-likeness (QED) is 0.352. The highest BCUT2D eigenvalue weighted by atomic mass is 15.3. The topological polar surface area (TPSA) is 21.2 Å². The SMILES string of the molecule is Cc1cc(C)c2c(n1)c1ccccc1c1cc[n+](C)n12. The van der Waals surface area contributed by atoms with Crippen molar-refractivity contribution in [3.05, 3.63) is 53.9 Å². The van der Waals surface area contributed by atoms with Crippen LogP contribution in [0, 0.1) is 13.8 Å². The van der Waals surface area contributed by atoms with Gasteiger partial charge >= 0.3 is 0 Å². The maximum atomic E-state index is 4.80. The molecular weight excluding hydrogens is 246 g/mol. The van der Waals surface area contributed by atoms with Gasteiger partial charge in [-0.15, -0.1) is 9.20 Å². The molecule has 0 saturated heterocycles. The van der Waals surface area contributed by atoms with E-state index in [0.29, 0.717) is 0 Å². The largest absolute Gasteiger partial charge is 0.251 e. The zero-order valence-electron chi connectivity index (χ0n) is 11.9. The van der Waals surface area contributed by atoms with E-state index in [9.17, 15) is 0 Å². The first-order valence-corrected chi connectivity index (χ1v) is 6.83. The zero-order valence-corrected chi connectivity index (χ0v) is 11.9. The lowest BCUT2D eigenvalue weighted by atomic mass is 10.1. The molecular formula is C17H16N3+. The van der Waals surface area contributed by atoms with Gasteiger partial charge in [0.25, 0.3) is 0 Å². The first kappa shape index (κ1) is 11.4. The van der Waals surface area contributed by atoms with Crippen LogP contribution in [0.1, 0.15) is 11.3 Å². The fourth-order valence-electron chi connectivity index (χ4n) is 3.17. The molecule has 1 aromatic carbocycles. The Morgan fingerprint density at radius 1 is 1.05 bits per heavy atom. The molecule has 98 valence electrons. The fourth-order valence-corrected chi connectivity index (χ4v) is 3.17. The minimum atomic E-state index is 1.06. The third-order valence-electron chi connectivity index (χ3n) is 3.97. The number of aryl methyl sites for hydroxylation is 3. The minimum absolute atomic E-state index is 1.06. The van der Waals surface area contributed by atoms with E-state index in [4.69, 9.17) is 4.98 Å². The van der Waals surface area contributed by atoms with Crippen LogP contribution in [0.15, 0.2) is 42.6 Å². The number of hydrogen-bond acceptors (Lipinski definition) is 1. The Morgan fingerprint density at radius 3 is 2.60 bits per heavy atom. The highest BCUT2D eigenvalue weighted by Gasteiger charge is 2.16. The van der Waals surface area contributed by atoms with E-state index in [2.05, 4.69) is 72.7 Å². The van der Waals surface area contributed by atoms with Gasteiger partial charge in [0.15, 0.2) is 13.2 Å². The Balaban J connectivity index is 2.47. The van der Waals surface area contributed by atoms with Crippen LogP contribution in [0.2, 0.25) is 0 Å². The second-order valence-corrected chi connectivity index (χ2v) is 5.41. The Kier molecular flexibility index (Phi) is 2.16. The van der Waals surface area contributed by atoms with Gasteiger partial charge in [0.2, 0.25) is 0 Å². The van der Waals surface area contributed by atoms with E-state index >= 15 is 0 Å². The van der Waals surface area contributed by atoms with Crippen LogP contribution in [0.5, 0.6) is 0 Å². The van der Waals surface area contributed by atoms with Gasteiger partial charge in [-0.25, -0.2) is 0 Å². The molecule has 0 N–H and O–H groups in total. The third-order valence-corrected chi connectivity index (χ3v) is 3.97. The maximum Gasteiger partial charge on any atom is 0.196 e. The van der Waals surface area contributed by atoms with Gasteiger partial charge in [0.05, 0.1) is 0 Å². The zero-order chi connectivity index (χ0) is 13.9. The summed E-state index contributed by atoms with van der Waals surface area (Å²) in [6.07, 6.45) is 2.10. The van der Waals surface area contributed by atoms with Gasteiger partial charge in [0, 0.05) is 22.5 Å². The summed E-state index contributed by atoms with van der Waals surface area (Å²) < 4.78 is 4.37. The summed E-state index contributed by atoms with van der Waals surface area (Å²) in [5.74, 6) is 0. The molecule has 0 saturated carbocycles. The standard InChI is InChI=1S/C17H16N3/c1-11-10-12(2)18-16-14-7-5-4-6-13(14)15-8-9-19(3)20(15)17(11)16/h4-10H,1-3H3/q+1. The Hall–Kier alpha value is -2.42. The molecule has 0 unspecified atom stereocenters. The number of pyridine rings is 2. The van der Waals surface area contributed by atoms with Crippen molar-refractivity contribution >= 4 is 27.3 Å². The van der Waals surface area contributed by atoms with Gasteiger partial charge in [-0.3, -0.25) is 4.98 Å². The van der Waals surface area contributed by atoms with E-state index in [1.54, 1.807) is 0 Å². The van der Waals surface area contributed by atoms with Crippen molar-refractivity contribution in [1.82, 2.24) is 9.50 Å². The molecule has 0 amide bonds. The molecule has 0 aliphatic rings. The highest BCUT2D eigenvalue weighted by Crippen LogP contribution is 2.29. The average molecular weight is 262 g/mol. The van der Waals surface area contributed by atoms with E-state index in [1.807, 2.05) is 0 Å². The molecule has 0 radical (unpaired) electrons. The molecule has 4 rings (SSSR count). The van der Waals surface area contributed by atoms with E-state index in [1.165, 1.54) is 27.4 Å². The van der Waals surface area contributed by atoms with Crippen LogP contribution in [0.4, 0.5) is 0 Å². The Morgan fingerprint density at radius 2 is 1.80 bits per heavy atom. The summed E-state index contributed by atoms with van der Waals surface area (Å²) in [4.78, 5) is 4.80. The first-order chi connectivity index (χ1) is 9.66. The molecule has 0 atom stereocenters. The van der Waals surface area contributed by atoms with Crippen molar-refractivity contribution in [2.24, 2.45) is 7.05 Å². The molecule has 3 heterocycles. The van der Waals surface area contributed by atoms with E-state index in [0.717, 1.165) is 11.2 Å². The molecule has 0 spiro atoms. The third kappa shape index (κ3) is 1.35. The van der Waals surface area contributed by atoms with Gasteiger partial charge in [-0.05, 0) is 25.5 Å². The molecule has 3 heteroatoms. The lowest BCUT2D eigenvalue weighted by Gasteiger charge is -2.09. The average Bonchev–Trinajstić information content (AvgIpc) is 2.81. The monoisotopic (exact) mass is 262 g/mol. The molecule has 3 aromatic heterocycles. The van der Waals surface area contributed by atoms with Gasteiger partial charge in [-0.2, -0.15) is 0 Å². The second-order valence-electron chi connectivity index (χ2n) is 5.41. The first-order valence-electron chi connectivity index (χ1n) is 6.83. The number of rotatable bonds is 0. The number of benzene rings is 1. The van der Waals surface area contributed by atoms with Gasteiger partial charge in [0.1, 0.15) is 16.6 Å². The predicted octanol–water partition coefficient (Wildman–Crippen LogP) is 3.08. The molecule has 4 aromatic rings. The van der Waals surface area contributed by atoms with Crippen molar-refractivity contribution in [2.75, 3.05) is 0 Å². The molecule has 0 bridgehead atoms. The fraction of sp³-hybridized carbons (Fsp3) is 0.176. The van der Waals surface area contributed by atoms with Crippen LogP contribution in [-0.4, -0.2) is 9.50 Å².